The summed E-state index contributed by atoms with van der Waals surface area (Å²) in [5.74, 6) is 1.53. The van der Waals surface area contributed by atoms with Gasteiger partial charge >= 0.3 is 0 Å². The van der Waals surface area contributed by atoms with E-state index in [2.05, 4.69) is 5.10 Å². The van der Waals surface area contributed by atoms with Crippen molar-refractivity contribution in [3.8, 4) is 5.75 Å². The SMILES string of the molecule is COc1ccc(CSc2nc3ccccc3c(=O)n2CCCn2nc(C)c(Cl)c2C)cc1. The standard InChI is InChI=1S/C24H25ClN4O2S/c1-16-22(25)17(2)29(27-16)14-6-13-28-23(30)20-7-4-5-8-21(20)26-24(28)32-15-18-9-11-19(31-3)12-10-18/h4-5,7-12H,6,13-15H2,1-3H3. The molecule has 0 aliphatic heterocycles. The second kappa shape index (κ2) is 9.79. The minimum atomic E-state index is -0.0146. The highest BCUT2D eigenvalue weighted by Gasteiger charge is 2.13. The molecule has 0 radical (unpaired) electrons. The Labute approximate surface area is 196 Å². The van der Waals surface area contributed by atoms with Crippen molar-refractivity contribution < 1.29 is 4.74 Å². The van der Waals surface area contributed by atoms with Gasteiger partial charge in [-0.1, -0.05) is 47.6 Å². The molecule has 0 fully saturated rings. The summed E-state index contributed by atoms with van der Waals surface area (Å²) >= 11 is 7.83. The highest BCUT2D eigenvalue weighted by molar-refractivity contribution is 7.98. The Bertz CT molecular complexity index is 1300. The van der Waals surface area contributed by atoms with Crippen LogP contribution in [0.1, 0.15) is 23.4 Å². The molecule has 0 bridgehead atoms. The van der Waals surface area contributed by atoms with Crippen LogP contribution in [0.2, 0.25) is 5.02 Å². The number of halogens is 1. The number of para-hydroxylation sites is 1. The van der Waals surface area contributed by atoms with Gasteiger partial charge in [0.15, 0.2) is 5.16 Å². The largest absolute Gasteiger partial charge is 0.497 e. The van der Waals surface area contributed by atoms with Crippen molar-refractivity contribution >= 4 is 34.3 Å². The van der Waals surface area contributed by atoms with Gasteiger partial charge in [-0.15, -0.1) is 0 Å². The summed E-state index contributed by atoms with van der Waals surface area (Å²) in [5.41, 5.74) is 3.62. The summed E-state index contributed by atoms with van der Waals surface area (Å²) in [6, 6.07) is 15.4. The lowest BCUT2D eigenvalue weighted by Crippen LogP contribution is -2.24. The highest BCUT2D eigenvalue weighted by Crippen LogP contribution is 2.24. The van der Waals surface area contributed by atoms with Gasteiger partial charge in [0.25, 0.3) is 5.56 Å². The van der Waals surface area contributed by atoms with Gasteiger partial charge in [-0.2, -0.15) is 5.10 Å². The Kier molecular flexibility index (Phi) is 6.86. The van der Waals surface area contributed by atoms with E-state index in [4.69, 9.17) is 21.3 Å². The van der Waals surface area contributed by atoms with Gasteiger partial charge in [0, 0.05) is 18.8 Å². The number of aryl methyl sites for hydroxylation is 2. The predicted molar refractivity (Wildman–Crippen MR) is 130 cm³/mol. The number of benzene rings is 2. The lowest BCUT2D eigenvalue weighted by Gasteiger charge is -2.14. The number of aromatic nitrogens is 4. The van der Waals surface area contributed by atoms with Crippen LogP contribution in [0.3, 0.4) is 0 Å². The monoisotopic (exact) mass is 468 g/mol. The molecule has 166 valence electrons. The molecule has 2 aromatic carbocycles. The van der Waals surface area contributed by atoms with Crippen molar-refractivity contribution in [3.63, 3.8) is 0 Å². The van der Waals surface area contributed by atoms with Crippen molar-refractivity contribution in [2.75, 3.05) is 7.11 Å². The lowest BCUT2D eigenvalue weighted by molar-refractivity contribution is 0.414. The maximum absolute atomic E-state index is 13.3. The first-order chi connectivity index (χ1) is 15.5. The van der Waals surface area contributed by atoms with Gasteiger partial charge in [-0.3, -0.25) is 14.0 Å². The predicted octanol–water partition coefficient (Wildman–Crippen LogP) is 5.25. The number of thioether (sulfide) groups is 1. The number of nitrogens with zero attached hydrogens (tertiary/aromatic N) is 4. The van der Waals surface area contributed by atoms with Crippen LogP contribution in [-0.2, 0) is 18.8 Å². The molecule has 2 heterocycles. The van der Waals surface area contributed by atoms with Crippen LogP contribution in [0.4, 0.5) is 0 Å². The third-order valence-electron chi connectivity index (χ3n) is 5.40. The molecule has 0 saturated heterocycles. The average molecular weight is 469 g/mol. The third-order valence-corrected chi connectivity index (χ3v) is 6.99. The average Bonchev–Trinajstić information content (AvgIpc) is 3.06. The molecule has 8 heteroatoms. The minimum absolute atomic E-state index is 0.0146. The zero-order valence-corrected chi connectivity index (χ0v) is 19.9. The van der Waals surface area contributed by atoms with Gasteiger partial charge in [0.05, 0.1) is 34.4 Å². The van der Waals surface area contributed by atoms with Gasteiger partial charge < -0.3 is 4.74 Å². The molecule has 0 aliphatic rings. The van der Waals surface area contributed by atoms with E-state index in [1.807, 2.05) is 67.1 Å². The maximum Gasteiger partial charge on any atom is 0.262 e. The Balaban J connectivity index is 1.58. The topological polar surface area (TPSA) is 61.9 Å². The maximum atomic E-state index is 13.3. The molecule has 0 atom stereocenters. The fourth-order valence-corrected chi connectivity index (χ4v) is 4.71. The summed E-state index contributed by atoms with van der Waals surface area (Å²) in [4.78, 5) is 18.1. The van der Waals surface area contributed by atoms with E-state index in [0.717, 1.165) is 39.8 Å². The van der Waals surface area contributed by atoms with E-state index in [-0.39, 0.29) is 5.56 Å². The Morgan fingerprint density at radius 3 is 2.50 bits per heavy atom. The summed E-state index contributed by atoms with van der Waals surface area (Å²) < 4.78 is 8.92. The van der Waals surface area contributed by atoms with Gasteiger partial charge in [-0.05, 0) is 50.1 Å². The van der Waals surface area contributed by atoms with Crippen LogP contribution < -0.4 is 10.3 Å². The quantitative estimate of drug-likeness (QED) is 0.261. The van der Waals surface area contributed by atoms with E-state index in [0.29, 0.717) is 29.3 Å². The number of rotatable bonds is 8. The van der Waals surface area contributed by atoms with Crippen molar-refractivity contribution in [3.05, 3.63) is 80.9 Å². The fourth-order valence-electron chi connectivity index (χ4n) is 3.60. The van der Waals surface area contributed by atoms with Crippen LogP contribution in [0.5, 0.6) is 5.75 Å². The number of hydrogen-bond acceptors (Lipinski definition) is 5. The van der Waals surface area contributed by atoms with Crippen LogP contribution in [-0.4, -0.2) is 26.4 Å². The summed E-state index contributed by atoms with van der Waals surface area (Å²) in [6.07, 6.45) is 0.744. The Morgan fingerprint density at radius 1 is 1.06 bits per heavy atom. The van der Waals surface area contributed by atoms with Crippen molar-refractivity contribution in [1.82, 2.24) is 19.3 Å². The van der Waals surface area contributed by atoms with Gasteiger partial charge in [0.2, 0.25) is 0 Å². The van der Waals surface area contributed by atoms with Gasteiger partial charge in [0.1, 0.15) is 5.75 Å². The Morgan fingerprint density at radius 2 is 1.81 bits per heavy atom. The van der Waals surface area contributed by atoms with E-state index < -0.39 is 0 Å². The van der Waals surface area contributed by atoms with E-state index >= 15 is 0 Å². The second-order valence-electron chi connectivity index (χ2n) is 7.57. The summed E-state index contributed by atoms with van der Waals surface area (Å²) in [7, 11) is 1.65. The van der Waals surface area contributed by atoms with Crippen molar-refractivity contribution in [1.29, 1.82) is 0 Å². The normalized spacial score (nSPS) is 11.2. The molecule has 0 N–H and O–H groups in total. The van der Waals surface area contributed by atoms with E-state index in [9.17, 15) is 4.79 Å². The van der Waals surface area contributed by atoms with Crippen molar-refractivity contribution in [2.24, 2.45) is 0 Å². The van der Waals surface area contributed by atoms with Crippen LogP contribution >= 0.6 is 23.4 Å². The number of fused-ring (bicyclic) bond motifs is 1. The first-order valence-electron chi connectivity index (χ1n) is 10.4. The molecule has 0 amide bonds. The molecule has 0 unspecified atom stereocenters. The smallest absolute Gasteiger partial charge is 0.262 e. The highest BCUT2D eigenvalue weighted by atomic mass is 35.5. The molecule has 2 aromatic heterocycles. The first kappa shape index (κ1) is 22.4. The molecule has 0 spiro atoms. The van der Waals surface area contributed by atoms with E-state index in [1.165, 1.54) is 0 Å². The minimum Gasteiger partial charge on any atom is -0.497 e. The zero-order chi connectivity index (χ0) is 22.7. The molecule has 0 saturated carbocycles. The van der Waals surface area contributed by atoms with Crippen LogP contribution in [0.15, 0.2) is 58.5 Å². The fraction of sp³-hybridized carbons (Fsp3) is 0.292. The summed E-state index contributed by atoms with van der Waals surface area (Å²) in [5, 5.41) is 6.54. The second-order valence-corrected chi connectivity index (χ2v) is 8.89. The van der Waals surface area contributed by atoms with Gasteiger partial charge in [-0.25, -0.2) is 4.98 Å². The molecule has 6 nitrogen and oxygen atoms in total. The number of methoxy groups -OCH3 is 1. The molecular formula is C24H25ClN4O2S. The molecular weight excluding hydrogens is 444 g/mol. The first-order valence-corrected chi connectivity index (χ1v) is 11.8. The number of hydrogen-bond donors (Lipinski definition) is 0. The molecule has 32 heavy (non-hydrogen) atoms. The third kappa shape index (κ3) is 4.69. The summed E-state index contributed by atoms with van der Waals surface area (Å²) in [6.45, 7) is 5.10. The lowest BCUT2D eigenvalue weighted by atomic mass is 10.2. The van der Waals surface area contributed by atoms with E-state index in [1.54, 1.807) is 23.4 Å². The molecule has 4 rings (SSSR count). The van der Waals surface area contributed by atoms with Crippen LogP contribution in [0, 0.1) is 13.8 Å². The molecule has 0 aliphatic carbocycles. The Hall–Kier alpha value is -2.77. The van der Waals surface area contributed by atoms with Crippen molar-refractivity contribution in [2.45, 2.75) is 44.3 Å². The zero-order valence-electron chi connectivity index (χ0n) is 18.3. The van der Waals surface area contributed by atoms with Crippen LogP contribution in [0.25, 0.3) is 10.9 Å². The molecule has 4 aromatic rings. The number of ether oxygens (including phenoxy) is 1.